The number of rotatable bonds is 2. The minimum Gasteiger partial charge on any atom is -0.545 e. The molecule has 6 heteroatoms. The van der Waals surface area contributed by atoms with Crippen LogP contribution >= 0.6 is 0 Å². The van der Waals surface area contributed by atoms with Crippen molar-refractivity contribution < 1.29 is 23.1 Å². The van der Waals surface area contributed by atoms with E-state index >= 15 is 0 Å². The van der Waals surface area contributed by atoms with Crippen LogP contribution in [0.3, 0.4) is 0 Å². The van der Waals surface area contributed by atoms with Crippen molar-refractivity contribution in [2.75, 3.05) is 5.32 Å². The molecular formula is C22H19F3NO2-. The van der Waals surface area contributed by atoms with Gasteiger partial charge in [-0.2, -0.15) is 13.2 Å². The van der Waals surface area contributed by atoms with E-state index in [0.717, 1.165) is 36.6 Å². The molecule has 1 heterocycles. The van der Waals surface area contributed by atoms with Gasteiger partial charge in [-0.15, -0.1) is 0 Å². The second-order valence-corrected chi connectivity index (χ2v) is 8.27. The van der Waals surface area contributed by atoms with E-state index in [9.17, 15) is 23.1 Å². The van der Waals surface area contributed by atoms with Crippen LogP contribution in [-0.2, 0) is 6.18 Å². The molecule has 0 spiro atoms. The van der Waals surface area contributed by atoms with Crippen molar-refractivity contribution in [2.24, 2.45) is 17.8 Å². The van der Waals surface area contributed by atoms with Gasteiger partial charge in [-0.3, -0.25) is 0 Å². The summed E-state index contributed by atoms with van der Waals surface area (Å²) >= 11 is 0. The van der Waals surface area contributed by atoms with Gasteiger partial charge in [-0.05, 0) is 83.9 Å². The Kier molecular flexibility index (Phi) is 3.77. The molecule has 5 rings (SSSR count). The summed E-state index contributed by atoms with van der Waals surface area (Å²) in [5.41, 5.74) is 1.96. The number of carboxylic acids is 1. The standard InChI is InChI=1S/C22H20F3NO2/c23-22(24,25)15-3-1-2-13(9-15)20-19-12-5-4-11(8-12)18(19)16-10-14(21(27)28)6-7-17(16)26-20/h1-3,6-7,9-12,18-20,26H,4-5,8H2,(H,27,28)/p-1/t11-,12+,18+,19+,20+/m0/s1. The quantitative estimate of drug-likeness (QED) is 0.834. The zero-order valence-corrected chi connectivity index (χ0v) is 15.0. The summed E-state index contributed by atoms with van der Waals surface area (Å²) in [6.07, 6.45) is -1.14. The number of aromatic carboxylic acids is 1. The van der Waals surface area contributed by atoms with Gasteiger partial charge in [-0.25, -0.2) is 0 Å². The highest BCUT2D eigenvalue weighted by Crippen LogP contribution is 2.63. The molecule has 0 radical (unpaired) electrons. The lowest BCUT2D eigenvalue weighted by molar-refractivity contribution is -0.255. The molecule has 2 aromatic carbocycles. The molecule has 0 saturated heterocycles. The second kappa shape index (κ2) is 6.00. The summed E-state index contributed by atoms with van der Waals surface area (Å²) in [6.45, 7) is 0. The van der Waals surface area contributed by atoms with E-state index < -0.39 is 17.7 Å². The number of hydrogen-bond donors (Lipinski definition) is 1. The smallest absolute Gasteiger partial charge is 0.416 e. The molecule has 2 aliphatic carbocycles. The van der Waals surface area contributed by atoms with Crippen LogP contribution in [0.2, 0.25) is 0 Å². The molecule has 0 unspecified atom stereocenters. The average Bonchev–Trinajstić information content (AvgIpc) is 3.29. The Hall–Kier alpha value is -2.50. The molecule has 3 aliphatic rings. The number of alkyl halides is 3. The highest BCUT2D eigenvalue weighted by Gasteiger charge is 2.54. The van der Waals surface area contributed by atoms with Gasteiger partial charge in [0.2, 0.25) is 0 Å². The average molecular weight is 386 g/mol. The highest BCUT2D eigenvalue weighted by atomic mass is 19.4. The molecule has 0 amide bonds. The molecule has 28 heavy (non-hydrogen) atoms. The molecular weight excluding hydrogens is 367 g/mol. The van der Waals surface area contributed by atoms with Gasteiger partial charge in [0.25, 0.3) is 0 Å². The fraction of sp³-hybridized carbons (Fsp3) is 0.409. The van der Waals surface area contributed by atoms with Crippen LogP contribution in [0.4, 0.5) is 18.9 Å². The van der Waals surface area contributed by atoms with E-state index in [1.165, 1.54) is 18.2 Å². The van der Waals surface area contributed by atoms with E-state index in [-0.39, 0.29) is 23.4 Å². The Labute approximate surface area is 160 Å². The molecule has 2 saturated carbocycles. The zero-order chi connectivity index (χ0) is 19.6. The molecule has 0 aromatic heterocycles. The number of carboxylic acid groups (broad SMARTS) is 1. The third kappa shape index (κ3) is 2.61. The number of halogens is 3. The van der Waals surface area contributed by atoms with Gasteiger partial charge in [-0.1, -0.05) is 18.2 Å². The maximum atomic E-state index is 13.2. The van der Waals surface area contributed by atoms with Crippen molar-refractivity contribution in [1.29, 1.82) is 0 Å². The first-order valence-electron chi connectivity index (χ1n) is 9.62. The number of hydrogen-bond acceptors (Lipinski definition) is 3. The first kappa shape index (κ1) is 17.6. The van der Waals surface area contributed by atoms with Gasteiger partial charge < -0.3 is 15.2 Å². The maximum absolute atomic E-state index is 13.2. The maximum Gasteiger partial charge on any atom is 0.416 e. The lowest BCUT2D eigenvalue weighted by atomic mass is 9.68. The van der Waals surface area contributed by atoms with Crippen LogP contribution in [0, 0.1) is 17.8 Å². The molecule has 2 aromatic rings. The molecule has 5 atom stereocenters. The van der Waals surface area contributed by atoms with Gasteiger partial charge in [0.15, 0.2) is 0 Å². The predicted octanol–water partition coefficient (Wildman–Crippen LogP) is 4.37. The molecule has 2 bridgehead atoms. The van der Waals surface area contributed by atoms with Crippen molar-refractivity contribution in [3.05, 3.63) is 64.7 Å². The number of carbonyl (C=O) groups is 1. The van der Waals surface area contributed by atoms with Crippen LogP contribution in [0.25, 0.3) is 0 Å². The second-order valence-electron chi connectivity index (χ2n) is 8.27. The van der Waals surface area contributed by atoms with Gasteiger partial charge >= 0.3 is 6.18 Å². The summed E-state index contributed by atoms with van der Waals surface area (Å²) in [7, 11) is 0. The van der Waals surface area contributed by atoms with E-state index in [0.29, 0.717) is 17.4 Å². The lowest BCUT2D eigenvalue weighted by Gasteiger charge is -2.44. The SMILES string of the molecule is O=C([O-])c1ccc2c(c1)[C@H]1[C@H]3CC[C@H](C3)[C@H]1[C@@H](c1cccc(C(F)(F)F)c1)N2. The van der Waals surface area contributed by atoms with Crippen LogP contribution in [0.15, 0.2) is 42.5 Å². The monoisotopic (exact) mass is 386 g/mol. The van der Waals surface area contributed by atoms with Crippen LogP contribution < -0.4 is 10.4 Å². The zero-order valence-electron chi connectivity index (χ0n) is 15.0. The Balaban J connectivity index is 1.61. The van der Waals surface area contributed by atoms with Crippen LogP contribution in [-0.4, -0.2) is 5.97 Å². The largest absolute Gasteiger partial charge is 0.545 e. The Bertz CT molecular complexity index is 955. The van der Waals surface area contributed by atoms with E-state index in [1.807, 2.05) is 0 Å². The number of carbonyl (C=O) groups excluding carboxylic acids is 1. The van der Waals surface area contributed by atoms with Crippen LogP contribution in [0.1, 0.15) is 58.3 Å². The van der Waals surface area contributed by atoms with Crippen molar-refractivity contribution in [1.82, 2.24) is 0 Å². The van der Waals surface area contributed by atoms with E-state index in [2.05, 4.69) is 5.32 Å². The molecule has 1 N–H and O–H groups in total. The molecule has 1 aliphatic heterocycles. The molecule has 2 fully saturated rings. The summed E-state index contributed by atoms with van der Waals surface area (Å²) in [4.78, 5) is 11.3. The van der Waals surface area contributed by atoms with Crippen molar-refractivity contribution >= 4 is 11.7 Å². The normalized spacial score (nSPS) is 30.5. The topological polar surface area (TPSA) is 52.2 Å². The summed E-state index contributed by atoms with van der Waals surface area (Å²) in [6, 6.07) is 10.3. The van der Waals surface area contributed by atoms with E-state index in [1.54, 1.807) is 18.2 Å². The Morgan fingerprint density at radius 1 is 1.07 bits per heavy atom. The minimum absolute atomic E-state index is 0.152. The van der Waals surface area contributed by atoms with Gasteiger partial charge in [0, 0.05) is 5.69 Å². The molecule has 146 valence electrons. The summed E-state index contributed by atoms with van der Waals surface area (Å²) in [5.74, 6) is 0.0473. The third-order valence-electron chi connectivity index (χ3n) is 6.90. The number of anilines is 1. The highest BCUT2D eigenvalue weighted by molar-refractivity contribution is 5.87. The van der Waals surface area contributed by atoms with Crippen molar-refractivity contribution in [2.45, 2.75) is 37.4 Å². The molecule has 3 nitrogen and oxygen atoms in total. The Morgan fingerprint density at radius 2 is 1.86 bits per heavy atom. The van der Waals surface area contributed by atoms with E-state index in [4.69, 9.17) is 0 Å². The third-order valence-corrected chi connectivity index (χ3v) is 6.90. The predicted molar refractivity (Wildman–Crippen MR) is 95.6 cm³/mol. The first-order chi connectivity index (χ1) is 13.3. The summed E-state index contributed by atoms with van der Waals surface area (Å²) < 4.78 is 39.7. The fourth-order valence-corrected chi connectivity index (χ4v) is 5.85. The Morgan fingerprint density at radius 3 is 2.61 bits per heavy atom. The van der Waals surface area contributed by atoms with Crippen molar-refractivity contribution in [3.63, 3.8) is 0 Å². The van der Waals surface area contributed by atoms with Crippen molar-refractivity contribution in [3.8, 4) is 0 Å². The number of nitrogens with one attached hydrogen (secondary N) is 1. The van der Waals surface area contributed by atoms with Gasteiger partial charge in [0.05, 0.1) is 17.6 Å². The van der Waals surface area contributed by atoms with Crippen LogP contribution in [0.5, 0.6) is 0 Å². The summed E-state index contributed by atoms with van der Waals surface area (Å²) in [5, 5.41) is 14.8. The minimum atomic E-state index is -4.37. The fourth-order valence-electron chi connectivity index (χ4n) is 5.85. The van der Waals surface area contributed by atoms with Gasteiger partial charge in [0.1, 0.15) is 0 Å². The number of benzene rings is 2. The number of fused-ring (bicyclic) bond motifs is 7. The lowest BCUT2D eigenvalue weighted by Crippen LogP contribution is -2.36. The first-order valence-corrected chi connectivity index (χ1v) is 9.62.